The molecule has 2 aromatic carbocycles. The van der Waals surface area contributed by atoms with Crippen LogP contribution >= 0.6 is 0 Å². The molecule has 5 rings (SSSR count). The number of amides is 2. The zero-order valence-corrected chi connectivity index (χ0v) is 17.3. The number of rotatable bonds is 4. The third kappa shape index (κ3) is 3.44. The molecule has 0 spiro atoms. The number of aliphatic hydroxyl groups excluding tert-OH is 1. The maximum Gasteiger partial charge on any atom is 0.272 e. The number of aromatic nitrogens is 1. The highest BCUT2D eigenvalue weighted by molar-refractivity contribution is 5.96. The van der Waals surface area contributed by atoms with Gasteiger partial charge in [-0.15, -0.1) is 0 Å². The lowest BCUT2D eigenvalue weighted by molar-refractivity contribution is -0.159. The molecule has 162 valence electrons. The van der Waals surface area contributed by atoms with Crippen molar-refractivity contribution in [3.05, 3.63) is 90.0 Å². The summed E-state index contributed by atoms with van der Waals surface area (Å²) in [5.41, 5.74) is 2.95. The first-order chi connectivity index (χ1) is 15.6. The first kappa shape index (κ1) is 20.3. The third-order valence-electron chi connectivity index (χ3n) is 6.38. The highest BCUT2D eigenvalue weighted by atomic mass is 19.1. The second-order valence-electron chi connectivity index (χ2n) is 8.18. The average molecular weight is 431 g/mol. The van der Waals surface area contributed by atoms with Crippen molar-refractivity contribution in [2.24, 2.45) is 0 Å². The summed E-state index contributed by atoms with van der Waals surface area (Å²) >= 11 is 0. The van der Waals surface area contributed by atoms with E-state index in [2.05, 4.69) is 4.98 Å². The Hall–Kier alpha value is -3.58. The number of nitrogens with zero attached hydrogens (tertiary/aromatic N) is 3. The number of hydrogen-bond donors (Lipinski definition) is 1. The fourth-order valence-electron chi connectivity index (χ4n) is 4.87. The Kier molecular flexibility index (Phi) is 5.19. The zero-order chi connectivity index (χ0) is 22.2. The van der Waals surface area contributed by atoms with Crippen LogP contribution in [0.4, 0.5) is 4.39 Å². The second-order valence-corrected chi connectivity index (χ2v) is 8.18. The van der Waals surface area contributed by atoms with E-state index in [0.717, 1.165) is 16.7 Å². The SMILES string of the molecule is O=C(c1ccccn1)N1CC(=O)N2[C@H](C1)[C@@H](c1ccc(-c3cccc(F)c3)cc1)[C@@H]2CO. The number of pyridine rings is 1. The molecule has 0 saturated carbocycles. The molecule has 2 aliphatic heterocycles. The summed E-state index contributed by atoms with van der Waals surface area (Å²) in [6.07, 6.45) is 1.55. The molecule has 2 saturated heterocycles. The summed E-state index contributed by atoms with van der Waals surface area (Å²) in [5.74, 6) is -0.826. The van der Waals surface area contributed by atoms with Gasteiger partial charge in [0.25, 0.3) is 5.91 Å². The second kappa shape index (κ2) is 8.16. The third-order valence-corrected chi connectivity index (χ3v) is 6.38. The molecule has 0 unspecified atom stereocenters. The van der Waals surface area contributed by atoms with E-state index < -0.39 is 0 Å². The summed E-state index contributed by atoms with van der Waals surface area (Å²) in [6.45, 7) is 0.217. The number of carbonyl (C=O) groups is 2. The molecular formula is C25H22FN3O3. The lowest BCUT2D eigenvalue weighted by Gasteiger charge is -2.58. The van der Waals surface area contributed by atoms with Crippen molar-refractivity contribution >= 4 is 11.8 Å². The Morgan fingerprint density at radius 1 is 1.06 bits per heavy atom. The molecular weight excluding hydrogens is 409 g/mol. The minimum Gasteiger partial charge on any atom is -0.394 e. The average Bonchev–Trinajstić information content (AvgIpc) is 2.81. The zero-order valence-electron chi connectivity index (χ0n) is 17.3. The Balaban J connectivity index is 1.39. The Morgan fingerprint density at radius 2 is 1.88 bits per heavy atom. The summed E-state index contributed by atoms with van der Waals surface area (Å²) in [7, 11) is 0. The number of hydrogen-bond acceptors (Lipinski definition) is 4. The molecule has 0 aliphatic carbocycles. The molecule has 1 aromatic heterocycles. The maximum absolute atomic E-state index is 13.6. The maximum atomic E-state index is 13.6. The van der Waals surface area contributed by atoms with Crippen molar-refractivity contribution in [2.45, 2.75) is 18.0 Å². The van der Waals surface area contributed by atoms with Crippen molar-refractivity contribution in [3.63, 3.8) is 0 Å². The molecule has 0 radical (unpaired) electrons. The van der Waals surface area contributed by atoms with Crippen molar-refractivity contribution in [1.29, 1.82) is 0 Å². The van der Waals surface area contributed by atoms with Gasteiger partial charge in [0.1, 0.15) is 18.1 Å². The fraction of sp³-hybridized carbons (Fsp3) is 0.240. The van der Waals surface area contributed by atoms with Gasteiger partial charge in [0.15, 0.2) is 0 Å². The summed E-state index contributed by atoms with van der Waals surface area (Å²) in [6, 6.07) is 18.7. The largest absolute Gasteiger partial charge is 0.394 e. The minimum absolute atomic E-state index is 0.0202. The molecule has 2 fully saturated rings. The van der Waals surface area contributed by atoms with Gasteiger partial charge >= 0.3 is 0 Å². The van der Waals surface area contributed by atoms with E-state index in [1.54, 1.807) is 35.4 Å². The molecule has 2 amide bonds. The Labute approximate surface area is 184 Å². The van der Waals surface area contributed by atoms with Crippen LogP contribution in [-0.2, 0) is 4.79 Å². The van der Waals surface area contributed by atoms with Crippen LogP contribution < -0.4 is 0 Å². The monoisotopic (exact) mass is 431 g/mol. The first-order valence-corrected chi connectivity index (χ1v) is 10.5. The van der Waals surface area contributed by atoms with Gasteiger partial charge in [-0.3, -0.25) is 14.6 Å². The topological polar surface area (TPSA) is 73.7 Å². The smallest absolute Gasteiger partial charge is 0.272 e. The minimum atomic E-state index is -0.320. The first-order valence-electron chi connectivity index (χ1n) is 10.5. The predicted octanol–water partition coefficient (Wildman–Crippen LogP) is 2.70. The normalized spacial score (nSPS) is 22.3. The molecule has 6 nitrogen and oxygen atoms in total. The summed E-state index contributed by atoms with van der Waals surface area (Å²) < 4.78 is 13.6. The number of carbonyl (C=O) groups excluding carboxylic acids is 2. The van der Waals surface area contributed by atoms with Crippen LogP contribution in [0.15, 0.2) is 72.9 Å². The van der Waals surface area contributed by atoms with E-state index in [-0.39, 0.29) is 48.8 Å². The molecule has 2 aliphatic rings. The van der Waals surface area contributed by atoms with Gasteiger partial charge in [-0.2, -0.15) is 0 Å². The van der Waals surface area contributed by atoms with E-state index in [9.17, 15) is 19.1 Å². The van der Waals surface area contributed by atoms with E-state index in [1.807, 2.05) is 30.3 Å². The number of fused-ring (bicyclic) bond motifs is 1. The Morgan fingerprint density at radius 3 is 2.56 bits per heavy atom. The lowest BCUT2D eigenvalue weighted by atomic mass is 9.73. The quantitative estimate of drug-likeness (QED) is 0.690. The highest BCUT2D eigenvalue weighted by Gasteiger charge is 2.54. The van der Waals surface area contributed by atoms with Gasteiger partial charge in [-0.05, 0) is 41.0 Å². The number of benzene rings is 2. The van der Waals surface area contributed by atoms with Crippen molar-refractivity contribution in [3.8, 4) is 11.1 Å². The van der Waals surface area contributed by atoms with Gasteiger partial charge in [-0.25, -0.2) is 4.39 Å². The molecule has 1 N–H and O–H groups in total. The standard InChI is InChI=1S/C25H22FN3O3/c26-19-5-3-4-18(12-19)16-7-9-17(10-8-16)24-21-13-28(14-23(31)29(21)22(24)15-30)25(32)20-6-1-2-11-27-20/h1-12,21-22,24,30H,13-15H2/t21-,22+,24-/m1/s1. The van der Waals surface area contributed by atoms with Gasteiger partial charge in [0, 0.05) is 18.7 Å². The van der Waals surface area contributed by atoms with Crippen LogP contribution in [-0.4, -0.2) is 63.5 Å². The van der Waals surface area contributed by atoms with Crippen LogP contribution in [0.3, 0.4) is 0 Å². The molecule has 3 atom stereocenters. The molecule has 3 heterocycles. The van der Waals surface area contributed by atoms with Crippen LogP contribution in [0.25, 0.3) is 11.1 Å². The van der Waals surface area contributed by atoms with E-state index in [4.69, 9.17) is 0 Å². The molecule has 0 bridgehead atoms. The van der Waals surface area contributed by atoms with Crippen molar-refractivity contribution < 1.29 is 19.1 Å². The Bertz CT molecular complexity index is 1150. The van der Waals surface area contributed by atoms with Crippen molar-refractivity contribution in [1.82, 2.24) is 14.8 Å². The van der Waals surface area contributed by atoms with E-state index in [1.165, 1.54) is 17.0 Å². The van der Waals surface area contributed by atoms with Gasteiger partial charge in [0.2, 0.25) is 5.91 Å². The van der Waals surface area contributed by atoms with E-state index >= 15 is 0 Å². The summed E-state index contributed by atoms with van der Waals surface area (Å²) in [4.78, 5) is 33.0. The van der Waals surface area contributed by atoms with Gasteiger partial charge in [0.05, 0.1) is 18.7 Å². The lowest BCUT2D eigenvalue weighted by Crippen LogP contribution is -2.73. The van der Waals surface area contributed by atoms with Gasteiger partial charge in [-0.1, -0.05) is 42.5 Å². The van der Waals surface area contributed by atoms with Crippen LogP contribution in [0.5, 0.6) is 0 Å². The molecule has 7 heteroatoms. The predicted molar refractivity (Wildman–Crippen MR) is 116 cm³/mol. The van der Waals surface area contributed by atoms with E-state index in [0.29, 0.717) is 12.2 Å². The number of halogens is 1. The number of piperazine rings is 1. The van der Waals surface area contributed by atoms with Crippen LogP contribution in [0.1, 0.15) is 22.0 Å². The fourth-order valence-corrected chi connectivity index (χ4v) is 4.87. The number of aliphatic hydroxyl groups is 1. The van der Waals surface area contributed by atoms with Gasteiger partial charge < -0.3 is 14.9 Å². The van der Waals surface area contributed by atoms with Crippen LogP contribution in [0, 0.1) is 5.82 Å². The summed E-state index contributed by atoms with van der Waals surface area (Å²) in [5, 5.41) is 9.96. The molecule has 32 heavy (non-hydrogen) atoms. The van der Waals surface area contributed by atoms with Crippen LogP contribution in [0.2, 0.25) is 0 Å². The molecule has 3 aromatic rings. The highest BCUT2D eigenvalue weighted by Crippen LogP contribution is 2.43. The van der Waals surface area contributed by atoms with Crippen molar-refractivity contribution in [2.75, 3.05) is 19.7 Å².